The molecule has 4 rings (SSSR count). The highest BCUT2D eigenvalue weighted by Gasteiger charge is 2.21. The molecule has 0 bridgehead atoms. The van der Waals surface area contributed by atoms with Crippen molar-refractivity contribution in [1.29, 1.82) is 0 Å². The summed E-state index contributed by atoms with van der Waals surface area (Å²) < 4.78 is 4.36. The average Bonchev–Trinajstić information content (AvgIpc) is 3.22. The predicted octanol–water partition coefficient (Wildman–Crippen LogP) is 3.62. The first-order valence-corrected chi connectivity index (χ1v) is 8.97. The molecule has 3 aromatic rings. The second-order valence-electron chi connectivity index (χ2n) is 7.08. The molecule has 0 spiro atoms. The number of nitrogens with zero attached hydrogens (tertiary/aromatic N) is 5. The van der Waals surface area contributed by atoms with E-state index in [2.05, 4.69) is 70.0 Å². The predicted molar refractivity (Wildman–Crippen MR) is 100 cm³/mol. The number of benzene rings is 1. The minimum absolute atomic E-state index is 0.533. The van der Waals surface area contributed by atoms with Gasteiger partial charge in [0.2, 0.25) is 0 Å². The third-order valence-corrected chi connectivity index (χ3v) is 5.11. The fraction of sp³-hybridized carbons (Fsp3) is 0.400. The largest absolute Gasteiger partial charge is 0.328 e. The van der Waals surface area contributed by atoms with Crippen molar-refractivity contribution in [3.63, 3.8) is 0 Å². The van der Waals surface area contributed by atoms with Crippen LogP contribution in [0.15, 0.2) is 42.7 Å². The zero-order valence-electron chi connectivity index (χ0n) is 15.2. The lowest BCUT2D eigenvalue weighted by Crippen LogP contribution is -2.31. The molecule has 1 aliphatic heterocycles. The number of hydrogen-bond acceptors (Lipinski definition) is 3. The molecule has 2 aromatic heterocycles. The molecule has 0 radical (unpaired) electrons. The van der Waals surface area contributed by atoms with Crippen LogP contribution in [0.3, 0.4) is 0 Å². The summed E-state index contributed by atoms with van der Waals surface area (Å²) in [6.07, 6.45) is 6.40. The van der Waals surface area contributed by atoms with Gasteiger partial charge in [-0.1, -0.05) is 12.1 Å². The number of likely N-dealkylation sites (tertiary alicyclic amines) is 1. The Balaban J connectivity index is 1.68. The number of rotatable bonds is 3. The van der Waals surface area contributed by atoms with Crippen LogP contribution >= 0.6 is 0 Å². The van der Waals surface area contributed by atoms with E-state index in [1.165, 1.54) is 12.8 Å². The van der Waals surface area contributed by atoms with Crippen molar-refractivity contribution in [2.75, 3.05) is 20.1 Å². The summed E-state index contributed by atoms with van der Waals surface area (Å²) in [6, 6.07) is 11.2. The quantitative estimate of drug-likeness (QED) is 0.734. The highest BCUT2D eigenvalue weighted by atomic mass is 15.3. The lowest BCUT2D eigenvalue weighted by atomic mass is 10.0. The van der Waals surface area contributed by atoms with E-state index in [9.17, 15) is 0 Å². The molecule has 0 unspecified atom stereocenters. The van der Waals surface area contributed by atoms with Crippen molar-refractivity contribution in [3.05, 3.63) is 54.1 Å². The van der Waals surface area contributed by atoms with E-state index in [4.69, 9.17) is 0 Å². The smallest absolute Gasteiger partial charge is 0.140 e. The van der Waals surface area contributed by atoms with Gasteiger partial charge in [-0.25, -0.2) is 9.67 Å². The summed E-state index contributed by atoms with van der Waals surface area (Å²) in [5.74, 6) is 1.05. The van der Waals surface area contributed by atoms with E-state index in [1.54, 1.807) is 0 Å². The van der Waals surface area contributed by atoms with Gasteiger partial charge in [0.05, 0.1) is 11.4 Å². The Bertz CT molecular complexity index is 868. The summed E-state index contributed by atoms with van der Waals surface area (Å²) in [6.45, 7) is 6.41. The van der Waals surface area contributed by atoms with Gasteiger partial charge in [0.1, 0.15) is 5.82 Å². The van der Waals surface area contributed by atoms with Crippen molar-refractivity contribution in [2.24, 2.45) is 0 Å². The van der Waals surface area contributed by atoms with E-state index >= 15 is 0 Å². The molecular weight excluding hydrogens is 310 g/mol. The maximum Gasteiger partial charge on any atom is 0.140 e. The Morgan fingerprint density at radius 2 is 1.88 bits per heavy atom. The first-order valence-electron chi connectivity index (χ1n) is 8.97. The van der Waals surface area contributed by atoms with Crippen molar-refractivity contribution in [2.45, 2.75) is 32.7 Å². The van der Waals surface area contributed by atoms with Crippen LogP contribution in [0.25, 0.3) is 17.1 Å². The lowest BCUT2D eigenvalue weighted by Gasteiger charge is -2.30. The molecular formula is C20H25N5. The van der Waals surface area contributed by atoms with E-state index in [0.717, 1.165) is 41.6 Å². The van der Waals surface area contributed by atoms with Crippen LogP contribution in [-0.4, -0.2) is 44.4 Å². The fourth-order valence-electron chi connectivity index (χ4n) is 3.77. The van der Waals surface area contributed by atoms with Crippen LogP contribution in [0.4, 0.5) is 0 Å². The van der Waals surface area contributed by atoms with E-state index in [-0.39, 0.29) is 0 Å². The van der Waals surface area contributed by atoms with E-state index in [0.29, 0.717) is 6.04 Å². The first-order chi connectivity index (χ1) is 12.1. The second-order valence-corrected chi connectivity index (χ2v) is 7.08. The number of hydrogen-bond donors (Lipinski definition) is 0. The van der Waals surface area contributed by atoms with Crippen LogP contribution in [0.2, 0.25) is 0 Å². The summed E-state index contributed by atoms with van der Waals surface area (Å²) in [5, 5.41) is 4.61. The highest BCUT2D eigenvalue weighted by Crippen LogP contribution is 2.28. The summed E-state index contributed by atoms with van der Waals surface area (Å²) in [5.41, 5.74) is 4.42. The SMILES string of the molecule is Cc1cc(C)n(-c2cccc(-c3nccn3C3CCN(C)CC3)c2)n1. The third kappa shape index (κ3) is 3.12. The van der Waals surface area contributed by atoms with Gasteiger partial charge in [-0.05, 0) is 65.0 Å². The Kier molecular flexibility index (Phi) is 4.17. The van der Waals surface area contributed by atoms with Gasteiger partial charge >= 0.3 is 0 Å². The molecule has 0 N–H and O–H groups in total. The Morgan fingerprint density at radius 1 is 1.08 bits per heavy atom. The van der Waals surface area contributed by atoms with Crippen molar-refractivity contribution >= 4 is 0 Å². The van der Waals surface area contributed by atoms with E-state index in [1.807, 2.05) is 17.8 Å². The second kappa shape index (κ2) is 6.48. The summed E-state index contributed by atoms with van der Waals surface area (Å²) in [4.78, 5) is 7.06. The lowest BCUT2D eigenvalue weighted by molar-refractivity contribution is 0.222. The third-order valence-electron chi connectivity index (χ3n) is 5.11. The Hall–Kier alpha value is -2.40. The number of piperidine rings is 1. The molecule has 0 aliphatic carbocycles. The minimum atomic E-state index is 0.533. The molecule has 0 saturated carbocycles. The molecule has 0 atom stereocenters. The average molecular weight is 335 g/mol. The summed E-state index contributed by atoms with van der Waals surface area (Å²) >= 11 is 0. The Labute approximate surface area is 148 Å². The molecule has 3 heterocycles. The zero-order valence-corrected chi connectivity index (χ0v) is 15.2. The van der Waals surface area contributed by atoms with Gasteiger partial charge in [-0.3, -0.25) is 0 Å². The molecule has 0 amide bonds. The van der Waals surface area contributed by atoms with Crippen molar-refractivity contribution < 1.29 is 0 Å². The maximum absolute atomic E-state index is 4.66. The van der Waals surface area contributed by atoms with E-state index < -0.39 is 0 Å². The van der Waals surface area contributed by atoms with Gasteiger partial charge in [0.25, 0.3) is 0 Å². The molecule has 1 saturated heterocycles. The summed E-state index contributed by atoms with van der Waals surface area (Å²) in [7, 11) is 2.20. The maximum atomic E-state index is 4.66. The van der Waals surface area contributed by atoms with Crippen molar-refractivity contribution in [1.82, 2.24) is 24.2 Å². The number of aryl methyl sites for hydroxylation is 2. The zero-order chi connectivity index (χ0) is 17.4. The van der Waals surface area contributed by atoms with Crippen LogP contribution in [0, 0.1) is 13.8 Å². The van der Waals surface area contributed by atoms with Crippen molar-refractivity contribution in [3.8, 4) is 17.1 Å². The van der Waals surface area contributed by atoms with Gasteiger partial charge in [-0.15, -0.1) is 0 Å². The van der Waals surface area contributed by atoms with Gasteiger partial charge in [-0.2, -0.15) is 5.10 Å². The standard InChI is InChI=1S/C20H25N5/c1-15-13-16(2)25(22-15)19-6-4-5-17(14-19)20-21-9-12-24(20)18-7-10-23(3)11-8-18/h4-6,9,12-14,18H,7-8,10-11H2,1-3H3. The first kappa shape index (κ1) is 16.1. The molecule has 5 nitrogen and oxygen atoms in total. The van der Waals surface area contributed by atoms with Gasteiger partial charge in [0.15, 0.2) is 0 Å². The molecule has 5 heteroatoms. The van der Waals surface area contributed by atoms with Gasteiger partial charge < -0.3 is 9.47 Å². The van der Waals surface area contributed by atoms with Crippen LogP contribution in [0.5, 0.6) is 0 Å². The van der Waals surface area contributed by atoms with Crippen LogP contribution in [0.1, 0.15) is 30.3 Å². The molecule has 25 heavy (non-hydrogen) atoms. The highest BCUT2D eigenvalue weighted by molar-refractivity contribution is 5.60. The molecule has 1 aromatic carbocycles. The number of imidazole rings is 1. The van der Waals surface area contributed by atoms with Gasteiger partial charge in [0, 0.05) is 29.7 Å². The molecule has 1 fully saturated rings. The number of aromatic nitrogens is 4. The van der Waals surface area contributed by atoms with Crippen LogP contribution < -0.4 is 0 Å². The van der Waals surface area contributed by atoms with Crippen LogP contribution in [-0.2, 0) is 0 Å². The molecule has 130 valence electrons. The molecule has 1 aliphatic rings. The minimum Gasteiger partial charge on any atom is -0.328 e. The fourth-order valence-corrected chi connectivity index (χ4v) is 3.77. The normalized spacial score (nSPS) is 16.4. The topological polar surface area (TPSA) is 38.9 Å². The Morgan fingerprint density at radius 3 is 2.60 bits per heavy atom. The monoisotopic (exact) mass is 335 g/mol.